The van der Waals surface area contributed by atoms with Crippen molar-refractivity contribution in [2.75, 3.05) is 0 Å². The largest absolute Gasteiger partial charge is 0.0826 e. The Bertz CT molecular complexity index is 142. The van der Waals surface area contributed by atoms with Crippen LogP contribution < -0.4 is 0 Å². The maximum Gasteiger partial charge on any atom is 0.0115 e. The van der Waals surface area contributed by atoms with E-state index >= 15 is 0 Å². The molecule has 1 heteroatoms. The molecule has 0 aromatic carbocycles. The fraction of sp³-hybridized carbons (Fsp3) is 1.00. The smallest absolute Gasteiger partial charge is 0.0115 e. The van der Waals surface area contributed by atoms with Gasteiger partial charge in [0.1, 0.15) is 0 Å². The summed E-state index contributed by atoms with van der Waals surface area (Å²) in [6.45, 7) is 0. The van der Waals surface area contributed by atoms with Crippen molar-refractivity contribution in [3.05, 3.63) is 0 Å². The Morgan fingerprint density at radius 3 is 2.25 bits per heavy atom. The molecular formula is C11H19I. The molecule has 0 saturated heterocycles. The van der Waals surface area contributed by atoms with Crippen molar-refractivity contribution in [3.63, 3.8) is 0 Å². The highest BCUT2D eigenvalue weighted by molar-refractivity contribution is 14.1. The van der Waals surface area contributed by atoms with Crippen LogP contribution in [0.4, 0.5) is 0 Å². The van der Waals surface area contributed by atoms with E-state index in [4.69, 9.17) is 0 Å². The van der Waals surface area contributed by atoms with Crippen LogP contribution in [0.2, 0.25) is 0 Å². The Hall–Kier alpha value is 0.730. The molecule has 0 radical (unpaired) electrons. The maximum atomic E-state index is 2.67. The fourth-order valence-electron chi connectivity index (χ4n) is 3.13. The van der Waals surface area contributed by atoms with Gasteiger partial charge in [0.25, 0.3) is 0 Å². The molecule has 0 aromatic heterocycles. The number of rotatable bonds is 0. The molecule has 12 heavy (non-hydrogen) atoms. The standard InChI is InChI=1S/C11H19I/c12-10-5-4-8-11(9-10)6-2-1-3-7-11/h10H,1-9H2. The Labute approximate surface area is 89.6 Å². The van der Waals surface area contributed by atoms with E-state index in [0.717, 1.165) is 9.34 Å². The second kappa shape index (κ2) is 3.85. The van der Waals surface area contributed by atoms with Gasteiger partial charge < -0.3 is 0 Å². The van der Waals surface area contributed by atoms with Crippen molar-refractivity contribution in [2.24, 2.45) is 5.41 Å². The number of halogens is 1. The molecule has 1 unspecified atom stereocenters. The second-order valence-corrected chi connectivity index (χ2v) is 6.52. The van der Waals surface area contributed by atoms with Crippen LogP contribution >= 0.6 is 22.6 Å². The quantitative estimate of drug-likeness (QED) is 0.457. The average Bonchev–Trinajstić information content (AvgIpc) is 2.05. The Morgan fingerprint density at radius 2 is 1.58 bits per heavy atom. The Kier molecular flexibility index (Phi) is 2.98. The molecule has 0 aromatic rings. The number of hydrogen-bond donors (Lipinski definition) is 0. The lowest BCUT2D eigenvalue weighted by atomic mass is 9.65. The first-order valence-corrected chi connectivity index (χ1v) is 6.69. The molecule has 2 aliphatic rings. The summed E-state index contributed by atoms with van der Waals surface area (Å²) in [4.78, 5) is 0. The summed E-state index contributed by atoms with van der Waals surface area (Å²) in [5.74, 6) is 0. The second-order valence-electron chi connectivity index (χ2n) is 4.75. The normalized spacial score (nSPS) is 35.2. The zero-order valence-electron chi connectivity index (χ0n) is 7.82. The van der Waals surface area contributed by atoms with Crippen LogP contribution in [0.5, 0.6) is 0 Å². The predicted molar refractivity (Wildman–Crippen MR) is 61.8 cm³/mol. The van der Waals surface area contributed by atoms with Crippen molar-refractivity contribution in [1.29, 1.82) is 0 Å². The van der Waals surface area contributed by atoms with E-state index in [9.17, 15) is 0 Å². The predicted octanol–water partition coefficient (Wildman–Crippen LogP) is 4.31. The van der Waals surface area contributed by atoms with Crippen molar-refractivity contribution >= 4 is 22.6 Å². The molecule has 2 saturated carbocycles. The topological polar surface area (TPSA) is 0 Å². The van der Waals surface area contributed by atoms with E-state index in [1.54, 1.807) is 19.3 Å². The van der Waals surface area contributed by atoms with E-state index in [2.05, 4.69) is 22.6 Å². The molecule has 1 spiro atoms. The third-order valence-electron chi connectivity index (χ3n) is 3.79. The monoisotopic (exact) mass is 278 g/mol. The molecular weight excluding hydrogens is 259 g/mol. The SMILES string of the molecule is IC1CCCC2(CCCCC2)C1. The summed E-state index contributed by atoms with van der Waals surface area (Å²) in [6, 6.07) is 0. The molecule has 1 atom stereocenters. The lowest BCUT2D eigenvalue weighted by molar-refractivity contribution is 0.130. The third kappa shape index (κ3) is 1.97. The van der Waals surface area contributed by atoms with E-state index in [1.165, 1.54) is 38.5 Å². The van der Waals surface area contributed by atoms with Crippen LogP contribution in [0.3, 0.4) is 0 Å². The van der Waals surface area contributed by atoms with Gasteiger partial charge in [0.15, 0.2) is 0 Å². The Balaban J connectivity index is 1.97. The van der Waals surface area contributed by atoms with Crippen LogP contribution in [-0.4, -0.2) is 3.92 Å². The lowest BCUT2D eigenvalue weighted by Crippen LogP contribution is -2.30. The zero-order chi connectivity index (χ0) is 8.44. The molecule has 2 fully saturated rings. The average molecular weight is 278 g/mol. The third-order valence-corrected chi connectivity index (χ3v) is 4.86. The lowest BCUT2D eigenvalue weighted by Gasteiger charge is -2.42. The summed E-state index contributed by atoms with van der Waals surface area (Å²) in [5, 5.41) is 0. The van der Waals surface area contributed by atoms with Crippen LogP contribution in [0.1, 0.15) is 57.8 Å². The molecule has 0 bridgehead atoms. The van der Waals surface area contributed by atoms with Crippen molar-refractivity contribution < 1.29 is 0 Å². The summed E-state index contributed by atoms with van der Waals surface area (Å²) in [6.07, 6.45) is 13.7. The maximum absolute atomic E-state index is 2.67. The first-order valence-electron chi connectivity index (χ1n) is 5.45. The van der Waals surface area contributed by atoms with Gasteiger partial charge in [-0.05, 0) is 37.5 Å². The highest BCUT2D eigenvalue weighted by atomic mass is 127. The molecule has 0 N–H and O–H groups in total. The van der Waals surface area contributed by atoms with Gasteiger partial charge in [0.05, 0.1) is 0 Å². The molecule has 70 valence electrons. The Morgan fingerprint density at radius 1 is 0.917 bits per heavy atom. The molecule has 2 aliphatic carbocycles. The van der Waals surface area contributed by atoms with Crippen LogP contribution in [0.15, 0.2) is 0 Å². The minimum Gasteiger partial charge on any atom is -0.0826 e. The minimum atomic E-state index is 0.822. The van der Waals surface area contributed by atoms with Crippen LogP contribution in [0.25, 0.3) is 0 Å². The van der Waals surface area contributed by atoms with Gasteiger partial charge in [-0.2, -0.15) is 0 Å². The van der Waals surface area contributed by atoms with E-state index in [-0.39, 0.29) is 0 Å². The summed E-state index contributed by atoms with van der Waals surface area (Å²) in [5.41, 5.74) is 0.822. The van der Waals surface area contributed by atoms with Crippen molar-refractivity contribution in [3.8, 4) is 0 Å². The molecule has 0 amide bonds. The molecule has 0 heterocycles. The van der Waals surface area contributed by atoms with Gasteiger partial charge in [0.2, 0.25) is 0 Å². The van der Waals surface area contributed by atoms with Gasteiger partial charge in [-0.3, -0.25) is 0 Å². The van der Waals surface area contributed by atoms with Crippen LogP contribution in [0, 0.1) is 5.41 Å². The van der Waals surface area contributed by atoms with Crippen LogP contribution in [-0.2, 0) is 0 Å². The van der Waals surface area contributed by atoms with Gasteiger partial charge in [-0.15, -0.1) is 0 Å². The minimum absolute atomic E-state index is 0.822. The van der Waals surface area contributed by atoms with E-state index < -0.39 is 0 Å². The van der Waals surface area contributed by atoms with Crippen molar-refractivity contribution in [1.82, 2.24) is 0 Å². The van der Waals surface area contributed by atoms with Gasteiger partial charge in [0, 0.05) is 3.92 Å². The summed E-state index contributed by atoms with van der Waals surface area (Å²) < 4.78 is 0.995. The molecule has 0 aliphatic heterocycles. The highest BCUT2D eigenvalue weighted by Gasteiger charge is 2.35. The molecule has 0 nitrogen and oxygen atoms in total. The first kappa shape index (κ1) is 9.29. The van der Waals surface area contributed by atoms with Gasteiger partial charge in [-0.1, -0.05) is 48.3 Å². The van der Waals surface area contributed by atoms with Gasteiger partial charge >= 0.3 is 0 Å². The van der Waals surface area contributed by atoms with Gasteiger partial charge in [-0.25, -0.2) is 0 Å². The van der Waals surface area contributed by atoms with E-state index in [0.29, 0.717) is 0 Å². The zero-order valence-corrected chi connectivity index (χ0v) is 9.98. The highest BCUT2D eigenvalue weighted by Crippen LogP contribution is 2.48. The summed E-state index contributed by atoms with van der Waals surface area (Å²) >= 11 is 2.67. The number of hydrogen-bond acceptors (Lipinski definition) is 0. The van der Waals surface area contributed by atoms with E-state index in [1.807, 2.05) is 0 Å². The fourth-order valence-corrected chi connectivity index (χ4v) is 4.50. The first-order chi connectivity index (χ1) is 5.81. The molecule has 2 rings (SSSR count). The summed E-state index contributed by atoms with van der Waals surface area (Å²) in [7, 11) is 0. The number of alkyl halides is 1. The van der Waals surface area contributed by atoms with Crippen molar-refractivity contribution in [2.45, 2.75) is 61.7 Å².